The number of carbonyl (C=O) groups is 1. The minimum Gasteiger partial charge on any atom is -0.378 e. The van der Waals surface area contributed by atoms with Crippen molar-refractivity contribution in [3.63, 3.8) is 0 Å². The van der Waals surface area contributed by atoms with Crippen LogP contribution in [0, 0.1) is 5.92 Å². The van der Waals surface area contributed by atoms with Gasteiger partial charge in [0.25, 0.3) is 0 Å². The molecule has 1 amide bonds. The second-order valence-corrected chi connectivity index (χ2v) is 5.04. The highest BCUT2D eigenvalue weighted by Crippen LogP contribution is 2.22. The lowest BCUT2D eigenvalue weighted by atomic mass is 9.94. The number of nitrogens with zero attached hydrogens (tertiary/aromatic N) is 3. The van der Waals surface area contributed by atoms with Gasteiger partial charge in [-0.25, -0.2) is 0 Å². The highest BCUT2D eigenvalue weighted by molar-refractivity contribution is 5.79. The highest BCUT2D eigenvalue weighted by atomic mass is 16.5. The molecule has 0 N–H and O–H groups in total. The van der Waals surface area contributed by atoms with E-state index in [-0.39, 0.29) is 17.9 Å². The summed E-state index contributed by atoms with van der Waals surface area (Å²) in [4.78, 5) is 14.1. The Morgan fingerprint density at radius 2 is 2.44 bits per heavy atom. The van der Waals surface area contributed by atoms with E-state index in [1.807, 2.05) is 27.2 Å². The fraction of sp³-hybridized carbons (Fsp3) is 0.692. The summed E-state index contributed by atoms with van der Waals surface area (Å²) < 4.78 is 7.30. The van der Waals surface area contributed by atoms with Crippen molar-refractivity contribution in [3.05, 3.63) is 18.0 Å². The molecule has 0 spiro atoms. The van der Waals surface area contributed by atoms with Crippen LogP contribution in [0.5, 0.6) is 0 Å². The minimum atomic E-state index is 0.000390. The number of hydrogen-bond donors (Lipinski definition) is 0. The molecule has 0 unspecified atom stereocenters. The maximum absolute atomic E-state index is 12.3. The Kier molecular flexibility index (Phi) is 4.01. The molecule has 0 aromatic carbocycles. The molecule has 1 aliphatic heterocycles. The molecule has 2 heterocycles. The summed E-state index contributed by atoms with van der Waals surface area (Å²) in [6.45, 7) is 3.37. The average Bonchev–Trinajstić information content (AvgIpc) is 2.74. The summed E-state index contributed by atoms with van der Waals surface area (Å²) in [6, 6.07) is 0. The van der Waals surface area contributed by atoms with Gasteiger partial charge in [-0.05, 0) is 19.8 Å². The molecule has 100 valence electrons. The van der Waals surface area contributed by atoms with Gasteiger partial charge in [0.15, 0.2) is 0 Å². The third-order valence-electron chi connectivity index (χ3n) is 3.48. The van der Waals surface area contributed by atoms with E-state index in [1.54, 1.807) is 15.8 Å². The van der Waals surface area contributed by atoms with Gasteiger partial charge < -0.3 is 9.64 Å². The number of aromatic nitrogens is 2. The third-order valence-corrected chi connectivity index (χ3v) is 3.48. The summed E-state index contributed by atoms with van der Waals surface area (Å²) in [5, 5.41) is 4.11. The molecule has 0 bridgehead atoms. The molecule has 0 saturated carbocycles. The lowest BCUT2D eigenvalue weighted by Gasteiger charge is -2.31. The topological polar surface area (TPSA) is 47.4 Å². The Morgan fingerprint density at radius 3 is 3.06 bits per heavy atom. The summed E-state index contributed by atoms with van der Waals surface area (Å²) in [5.41, 5.74) is 1.05. The number of hydrogen-bond acceptors (Lipinski definition) is 3. The van der Waals surface area contributed by atoms with E-state index in [0.29, 0.717) is 6.54 Å². The van der Waals surface area contributed by atoms with E-state index in [9.17, 15) is 4.79 Å². The monoisotopic (exact) mass is 251 g/mol. The first-order valence-corrected chi connectivity index (χ1v) is 6.42. The maximum atomic E-state index is 12.3. The number of ether oxygens (including phenoxy) is 1. The number of carbonyl (C=O) groups excluding carboxylic acids is 1. The van der Waals surface area contributed by atoms with Crippen molar-refractivity contribution in [1.82, 2.24) is 14.7 Å². The average molecular weight is 251 g/mol. The standard InChI is InChI=1S/C13H21N3O2/c1-10-12(5-4-6-18-10)13(17)15(2)8-11-7-14-16(3)9-11/h7,9-10,12H,4-6,8H2,1-3H3/t10-,12+/m0/s1. The van der Waals surface area contributed by atoms with Crippen LogP contribution >= 0.6 is 0 Å². The van der Waals surface area contributed by atoms with Crippen LogP contribution in [-0.2, 0) is 23.1 Å². The van der Waals surface area contributed by atoms with Crippen molar-refractivity contribution in [2.24, 2.45) is 13.0 Å². The lowest BCUT2D eigenvalue weighted by molar-refractivity contribution is -0.143. The van der Waals surface area contributed by atoms with Gasteiger partial charge in [-0.2, -0.15) is 5.10 Å². The van der Waals surface area contributed by atoms with Gasteiger partial charge in [-0.3, -0.25) is 9.48 Å². The number of rotatable bonds is 3. The van der Waals surface area contributed by atoms with Crippen molar-refractivity contribution >= 4 is 5.91 Å². The molecule has 5 nitrogen and oxygen atoms in total. The largest absolute Gasteiger partial charge is 0.378 e. The molecule has 1 saturated heterocycles. The fourth-order valence-electron chi connectivity index (χ4n) is 2.44. The van der Waals surface area contributed by atoms with Gasteiger partial charge >= 0.3 is 0 Å². The second-order valence-electron chi connectivity index (χ2n) is 5.04. The summed E-state index contributed by atoms with van der Waals surface area (Å²) in [7, 11) is 3.72. The normalized spacial score (nSPS) is 23.9. The molecule has 0 aliphatic carbocycles. The molecule has 1 aromatic rings. The first-order chi connectivity index (χ1) is 8.58. The van der Waals surface area contributed by atoms with Crippen molar-refractivity contribution in [2.45, 2.75) is 32.4 Å². The molecule has 0 radical (unpaired) electrons. The van der Waals surface area contributed by atoms with Gasteiger partial charge in [0, 0.05) is 39.0 Å². The van der Waals surface area contributed by atoms with E-state index in [4.69, 9.17) is 4.74 Å². The maximum Gasteiger partial charge on any atom is 0.228 e. The van der Waals surface area contributed by atoms with Crippen LogP contribution in [0.15, 0.2) is 12.4 Å². The van der Waals surface area contributed by atoms with Crippen LogP contribution in [-0.4, -0.2) is 40.3 Å². The van der Waals surface area contributed by atoms with E-state index in [0.717, 1.165) is 25.0 Å². The summed E-state index contributed by atoms with van der Waals surface area (Å²) in [6.07, 6.45) is 5.66. The van der Waals surface area contributed by atoms with Crippen LogP contribution < -0.4 is 0 Å². The predicted octanol–water partition coefficient (Wildman–Crippen LogP) is 1.19. The molecule has 1 aliphatic rings. The summed E-state index contributed by atoms with van der Waals surface area (Å²) >= 11 is 0. The van der Waals surface area contributed by atoms with Crippen molar-refractivity contribution in [2.75, 3.05) is 13.7 Å². The summed E-state index contributed by atoms with van der Waals surface area (Å²) in [5.74, 6) is 0.173. The molecule has 1 fully saturated rings. The Labute approximate surface area is 108 Å². The fourth-order valence-corrected chi connectivity index (χ4v) is 2.44. The Bertz CT molecular complexity index is 416. The predicted molar refractivity (Wildman–Crippen MR) is 67.8 cm³/mol. The van der Waals surface area contributed by atoms with Crippen LogP contribution in [0.25, 0.3) is 0 Å². The van der Waals surface area contributed by atoms with Gasteiger partial charge in [0.2, 0.25) is 5.91 Å². The zero-order chi connectivity index (χ0) is 13.1. The quantitative estimate of drug-likeness (QED) is 0.811. The molecule has 2 rings (SSSR count). The van der Waals surface area contributed by atoms with Crippen LogP contribution in [0.1, 0.15) is 25.3 Å². The van der Waals surface area contributed by atoms with E-state index in [1.165, 1.54) is 0 Å². The van der Waals surface area contributed by atoms with E-state index in [2.05, 4.69) is 5.10 Å². The smallest absolute Gasteiger partial charge is 0.228 e. The van der Waals surface area contributed by atoms with Gasteiger partial charge in [-0.15, -0.1) is 0 Å². The van der Waals surface area contributed by atoms with Crippen molar-refractivity contribution < 1.29 is 9.53 Å². The Hall–Kier alpha value is -1.36. The molecular formula is C13H21N3O2. The third kappa shape index (κ3) is 2.90. The first kappa shape index (κ1) is 13.1. The van der Waals surface area contributed by atoms with Crippen molar-refractivity contribution in [3.8, 4) is 0 Å². The van der Waals surface area contributed by atoms with E-state index < -0.39 is 0 Å². The van der Waals surface area contributed by atoms with Crippen LogP contribution in [0.4, 0.5) is 0 Å². The Morgan fingerprint density at radius 1 is 1.67 bits per heavy atom. The zero-order valence-electron chi connectivity index (χ0n) is 11.3. The molecule has 1 aromatic heterocycles. The minimum absolute atomic E-state index is 0.000390. The van der Waals surface area contributed by atoms with Gasteiger partial charge in [0.1, 0.15) is 0 Å². The molecule has 5 heteroatoms. The Balaban J connectivity index is 1.95. The van der Waals surface area contributed by atoms with Crippen molar-refractivity contribution in [1.29, 1.82) is 0 Å². The SMILES string of the molecule is C[C@@H]1OCCC[C@H]1C(=O)N(C)Cc1cnn(C)c1. The van der Waals surface area contributed by atoms with E-state index >= 15 is 0 Å². The first-order valence-electron chi connectivity index (χ1n) is 6.42. The van der Waals surface area contributed by atoms with Gasteiger partial charge in [-0.1, -0.05) is 0 Å². The number of aryl methyl sites for hydroxylation is 1. The van der Waals surface area contributed by atoms with Gasteiger partial charge in [0.05, 0.1) is 18.2 Å². The zero-order valence-corrected chi connectivity index (χ0v) is 11.3. The van der Waals surface area contributed by atoms with Crippen LogP contribution in [0.3, 0.4) is 0 Å². The molecular weight excluding hydrogens is 230 g/mol. The second kappa shape index (κ2) is 5.52. The molecule has 18 heavy (non-hydrogen) atoms. The molecule has 2 atom stereocenters. The highest BCUT2D eigenvalue weighted by Gasteiger charge is 2.30. The lowest BCUT2D eigenvalue weighted by Crippen LogP contribution is -2.40. The van der Waals surface area contributed by atoms with Crippen LogP contribution in [0.2, 0.25) is 0 Å². The number of amides is 1.